The highest BCUT2D eigenvalue weighted by molar-refractivity contribution is 5.94. The van der Waals surface area contributed by atoms with Gasteiger partial charge in [-0.05, 0) is 42.3 Å². The van der Waals surface area contributed by atoms with E-state index in [4.69, 9.17) is 9.72 Å². The van der Waals surface area contributed by atoms with Crippen LogP contribution in [0.3, 0.4) is 0 Å². The molecule has 0 atom stereocenters. The summed E-state index contributed by atoms with van der Waals surface area (Å²) in [6.45, 7) is 0.914. The molecule has 1 aliphatic heterocycles. The highest BCUT2D eigenvalue weighted by Gasteiger charge is 2.28. The number of aryl methyl sites for hydroxylation is 1. The normalized spacial score (nSPS) is 12.6. The van der Waals surface area contributed by atoms with Crippen molar-refractivity contribution < 1.29 is 4.74 Å². The van der Waals surface area contributed by atoms with Crippen molar-refractivity contribution in [3.05, 3.63) is 84.4 Å². The third kappa shape index (κ3) is 2.50. The molecule has 0 bridgehead atoms. The Morgan fingerprint density at radius 1 is 0.867 bits per heavy atom. The van der Waals surface area contributed by atoms with Gasteiger partial charge in [0.2, 0.25) is 0 Å². The Labute approximate surface area is 174 Å². The van der Waals surface area contributed by atoms with Crippen molar-refractivity contribution in [2.24, 2.45) is 0 Å². The molecule has 1 aliphatic rings. The van der Waals surface area contributed by atoms with E-state index in [1.165, 1.54) is 22.2 Å². The maximum Gasteiger partial charge on any atom is 0.141 e. The second kappa shape index (κ2) is 6.63. The van der Waals surface area contributed by atoms with E-state index in [-0.39, 0.29) is 0 Å². The zero-order valence-electron chi connectivity index (χ0n) is 16.7. The molecule has 0 fully saturated rings. The highest BCUT2D eigenvalue weighted by Crippen LogP contribution is 2.42. The second-order valence-corrected chi connectivity index (χ2v) is 7.65. The summed E-state index contributed by atoms with van der Waals surface area (Å²) in [6, 6.07) is 27.2. The summed E-state index contributed by atoms with van der Waals surface area (Å²) in [4.78, 5) is 8.84. The van der Waals surface area contributed by atoms with E-state index in [1.54, 1.807) is 7.11 Å². The molecule has 0 amide bonds. The lowest BCUT2D eigenvalue weighted by Gasteiger charge is -2.19. The van der Waals surface area contributed by atoms with Crippen LogP contribution in [0.4, 0.5) is 0 Å². The van der Waals surface area contributed by atoms with Gasteiger partial charge in [0.15, 0.2) is 0 Å². The Bertz CT molecular complexity index is 1360. The zero-order chi connectivity index (χ0) is 20.1. The van der Waals surface area contributed by atoms with Crippen LogP contribution in [0.15, 0.2) is 78.9 Å². The molecule has 3 aromatic carbocycles. The smallest absolute Gasteiger partial charge is 0.141 e. The van der Waals surface area contributed by atoms with Gasteiger partial charge in [0.05, 0.1) is 24.2 Å². The van der Waals surface area contributed by atoms with E-state index in [2.05, 4.69) is 70.2 Å². The summed E-state index contributed by atoms with van der Waals surface area (Å²) < 4.78 is 7.72. The third-order valence-corrected chi connectivity index (χ3v) is 6.00. The minimum absolute atomic E-state index is 0.849. The van der Waals surface area contributed by atoms with Gasteiger partial charge in [-0.25, -0.2) is 4.98 Å². The Balaban J connectivity index is 1.64. The summed E-state index contributed by atoms with van der Waals surface area (Å²) >= 11 is 0. The van der Waals surface area contributed by atoms with Gasteiger partial charge in [0.1, 0.15) is 11.6 Å². The number of aromatic amines is 1. The van der Waals surface area contributed by atoms with Crippen molar-refractivity contribution in [1.82, 2.24) is 14.5 Å². The predicted octanol–water partition coefficient (Wildman–Crippen LogP) is 5.93. The number of nitrogens with one attached hydrogen (secondary N) is 1. The maximum absolute atomic E-state index is 5.36. The first-order valence-corrected chi connectivity index (χ1v) is 10.2. The number of hydrogen-bond acceptors (Lipinski definition) is 2. The number of rotatable bonds is 3. The van der Waals surface area contributed by atoms with Crippen LogP contribution in [-0.4, -0.2) is 21.6 Å². The quantitative estimate of drug-likeness (QED) is 0.414. The molecule has 0 saturated carbocycles. The molecule has 5 aromatic rings. The van der Waals surface area contributed by atoms with Crippen molar-refractivity contribution in [3.63, 3.8) is 0 Å². The minimum atomic E-state index is 0.849. The molecule has 2 aromatic heterocycles. The van der Waals surface area contributed by atoms with Gasteiger partial charge in [-0.15, -0.1) is 0 Å². The Hall–Kier alpha value is -3.79. The highest BCUT2D eigenvalue weighted by atomic mass is 16.5. The zero-order valence-corrected chi connectivity index (χ0v) is 16.7. The molecular formula is C26H21N3O. The van der Waals surface area contributed by atoms with Crippen molar-refractivity contribution >= 4 is 10.9 Å². The van der Waals surface area contributed by atoms with E-state index in [0.29, 0.717) is 0 Å². The lowest BCUT2D eigenvalue weighted by atomic mass is 9.99. The van der Waals surface area contributed by atoms with Gasteiger partial charge in [-0.1, -0.05) is 48.5 Å². The molecular weight excluding hydrogens is 370 g/mol. The van der Waals surface area contributed by atoms with Crippen LogP contribution >= 0.6 is 0 Å². The Morgan fingerprint density at radius 2 is 1.63 bits per heavy atom. The molecule has 1 N–H and O–H groups in total. The fourth-order valence-corrected chi connectivity index (χ4v) is 4.57. The number of benzene rings is 3. The fraction of sp³-hybridized carbons (Fsp3) is 0.115. The van der Waals surface area contributed by atoms with Crippen molar-refractivity contribution in [1.29, 1.82) is 0 Å². The lowest BCUT2D eigenvalue weighted by molar-refractivity contribution is 0.415. The summed E-state index contributed by atoms with van der Waals surface area (Å²) in [5.74, 6) is 1.86. The van der Waals surface area contributed by atoms with E-state index in [1.807, 2.05) is 18.2 Å². The van der Waals surface area contributed by atoms with Gasteiger partial charge >= 0.3 is 0 Å². The SMILES string of the molecule is COc1ccc(-c2nc(-c3ccccc3)n3c2-c2[nH]c4ccccc4c2CC3)cc1. The van der Waals surface area contributed by atoms with Crippen LogP contribution in [0.2, 0.25) is 0 Å². The van der Waals surface area contributed by atoms with Crippen molar-refractivity contribution in [2.75, 3.05) is 7.11 Å². The first kappa shape index (κ1) is 17.1. The van der Waals surface area contributed by atoms with Crippen LogP contribution < -0.4 is 4.74 Å². The third-order valence-electron chi connectivity index (χ3n) is 6.00. The van der Waals surface area contributed by atoms with Gasteiger partial charge in [0.25, 0.3) is 0 Å². The molecule has 6 rings (SSSR count). The number of methoxy groups -OCH3 is 1. The molecule has 4 heteroatoms. The maximum atomic E-state index is 5.36. The van der Waals surface area contributed by atoms with Gasteiger partial charge in [-0.3, -0.25) is 0 Å². The second-order valence-electron chi connectivity index (χ2n) is 7.65. The molecule has 3 heterocycles. The standard InChI is InChI=1S/C26H21N3O/c1-30-19-13-11-17(12-14-19)23-25-24-21(20-9-5-6-10-22(20)27-24)15-16-29(25)26(28-23)18-7-3-2-4-8-18/h2-14,27H,15-16H2,1H3. The summed E-state index contributed by atoms with van der Waals surface area (Å²) in [6.07, 6.45) is 0.991. The average Bonchev–Trinajstić information content (AvgIpc) is 3.38. The van der Waals surface area contributed by atoms with E-state index < -0.39 is 0 Å². The molecule has 146 valence electrons. The van der Waals surface area contributed by atoms with E-state index >= 15 is 0 Å². The fourth-order valence-electron chi connectivity index (χ4n) is 4.57. The largest absolute Gasteiger partial charge is 0.497 e. The molecule has 0 spiro atoms. The first-order valence-electron chi connectivity index (χ1n) is 10.2. The molecule has 0 saturated heterocycles. The van der Waals surface area contributed by atoms with Crippen molar-refractivity contribution in [3.8, 4) is 39.8 Å². The lowest BCUT2D eigenvalue weighted by Crippen LogP contribution is -2.11. The van der Waals surface area contributed by atoms with Gasteiger partial charge < -0.3 is 14.3 Å². The summed E-state index contributed by atoms with van der Waals surface area (Å²) in [7, 11) is 1.69. The van der Waals surface area contributed by atoms with E-state index in [0.717, 1.165) is 47.1 Å². The van der Waals surface area contributed by atoms with Crippen LogP contribution in [0.25, 0.3) is 44.9 Å². The molecule has 4 nitrogen and oxygen atoms in total. The molecule has 0 aliphatic carbocycles. The number of imidazole rings is 1. The molecule has 0 unspecified atom stereocenters. The van der Waals surface area contributed by atoms with Crippen LogP contribution in [0.5, 0.6) is 5.75 Å². The van der Waals surface area contributed by atoms with Crippen LogP contribution in [-0.2, 0) is 13.0 Å². The van der Waals surface area contributed by atoms with E-state index in [9.17, 15) is 0 Å². The first-order chi connectivity index (χ1) is 14.8. The van der Waals surface area contributed by atoms with Gasteiger partial charge in [-0.2, -0.15) is 0 Å². The van der Waals surface area contributed by atoms with Crippen LogP contribution in [0.1, 0.15) is 5.56 Å². The number of fused-ring (bicyclic) bond motifs is 5. The van der Waals surface area contributed by atoms with Gasteiger partial charge in [0, 0.05) is 28.6 Å². The molecule has 30 heavy (non-hydrogen) atoms. The molecule has 0 radical (unpaired) electrons. The monoisotopic (exact) mass is 391 g/mol. The average molecular weight is 391 g/mol. The van der Waals surface area contributed by atoms with Crippen LogP contribution in [0, 0.1) is 0 Å². The number of aromatic nitrogens is 3. The summed E-state index contributed by atoms with van der Waals surface area (Å²) in [5, 5.41) is 1.31. The van der Waals surface area contributed by atoms with Crippen molar-refractivity contribution in [2.45, 2.75) is 13.0 Å². The topological polar surface area (TPSA) is 42.8 Å². The number of H-pyrrole nitrogens is 1. The minimum Gasteiger partial charge on any atom is -0.497 e. The number of hydrogen-bond donors (Lipinski definition) is 1. The Morgan fingerprint density at radius 3 is 2.43 bits per heavy atom. The number of para-hydroxylation sites is 1. The predicted molar refractivity (Wildman–Crippen MR) is 121 cm³/mol. The number of nitrogens with zero attached hydrogens (tertiary/aromatic N) is 2. The summed E-state index contributed by atoms with van der Waals surface area (Å²) in [5.41, 5.74) is 8.14. The number of ether oxygens (including phenoxy) is 1. The Kier molecular flexibility index (Phi) is 3.78.